The molecule has 130 valence electrons. The lowest BCUT2D eigenvalue weighted by atomic mass is 10.1. The average molecular weight is 338 g/mol. The van der Waals surface area contributed by atoms with E-state index in [1.807, 2.05) is 62.4 Å². The smallest absolute Gasteiger partial charge is 0.229 e. The molecule has 2 aromatic carbocycles. The molecule has 1 N–H and O–H groups in total. The van der Waals surface area contributed by atoms with Crippen LogP contribution in [0.4, 0.5) is 11.4 Å². The molecule has 1 saturated heterocycles. The highest BCUT2D eigenvalue weighted by molar-refractivity contribution is 6.03. The van der Waals surface area contributed by atoms with Crippen molar-refractivity contribution in [3.8, 4) is 5.75 Å². The first-order valence-electron chi connectivity index (χ1n) is 8.46. The van der Waals surface area contributed by atoms with Gasteiger partial charge in [0.1, 0.15) is 5.75 Å². The van der Waals surface area contributed by atoms with E-state index in [2.05, 4.69) is 5.32 Å². The molecule has 3 rings (SSSR count). The van der Waals surface area contributed by atoms with Crippen LogP contribution in [0.5, 0.6) is 5.75 Å². The molecule has 2 amide bonds. The minimum atomic E-state index is -0.359. The van der Waals surface area contributed by atoms with Crippen molar-refractivity contribution in [3.05, 3.63) is 54.6 Å². The highest BCUT2D eigenvalue weighted by Gasteiger charge is 2.35. The first kappa shape index (κ1) is 17.0. The highest BCUT2D eigenvalue weighted by Crippen LogP contribution is 2.26. The fraction of sp³-hybridized carbons (Fsp3) is 0.300. The monoisotopic (exact) mass is 338 g/mol. The third kappa shape index (κ3) is 4.18. The van der Waals surface area contributed by atoms with Gasteiger partial charge in [0.15, 0.2) is 0 Å². The molecule has 1 aliphatic rings. The van der Waals surface area contributed by atoms with Crippen LogP contribution in [0, 0.1) is 5.92 Å². The van der Waals surface area contributed by atoms with E-state index in [1.54, 1.807) is 11.0 Å². The standard InChI is InChI=1S/C20H22N2O3/c1-14(2)25-18-10-6-7-16(12-18)21-20(24)15-11-19(23)22(13-15)17-8-4-3-5-9-17/h3-10,12,14-15H,11,13H2,1-2H3,(H,21,24). The van der Waals surface area contributed by atoms with Gasteiger partial charge in [-0.05, 0) is 38.1 Å². The first-order chi connectivity index (χ1) is 12.0. The lowest BCUT2D eigenvalue weighted by molar-refractivity contribution is -0.122. The number of para-hydroxylation sites is 1. The molecule has 0 spiro atoms. The molecule has 1 heterocycles. The van der Waals surface area contributed by atoms with E-state index in [-0.39, 0.29) is 30.3 Å². The summed E-state index contributed by atoms with van der Waals surface area (Å²) in [5.74, 6) is 0.181. The second-order valence-electron chi connectivity index (χ2n) is 6.42. The van der Waals surface area contributed by atoms with Crippen LogP contribution in [-0.2, 0) is 9.59 Å². The molecule has 0 radical (unpaired) electrons. The molecule has 1 aliphatic heterocycles. The summed E-state index contributed by atoms with van der Waals surface area (Å²) in [4.78, 5) is 26.5. The van der Waals surface area contributed by atoms with Crippen molar-refractivity contribution in [3.63, 3.8) is 0 Å². The molecule has 1 fully saturated rings. The molecule has 0 aromatic heterocycles. The Kier molecular flexibility index (Phi) is 5.03. The number of anilines is 2. The molecule has 25 heavy (non-hydrogen) atoms. The predicted octanol–water partition coefficient (Wildman–Crippen LogP) is 3.47. The zero-order chi connectivity index (χ0) is 17.8. The molecule has 5 nitrogen and oxygen atoms in total. The van der Waals surface area contributed by atoms with Crippen LogP contribution in [0.15, 0.2) is 54.6 Å². The number of ether oxygens (including phenoxy) is 1. The second kappa shape index (κ2) is 7.38. The van der Waals surface area contributed by atoms with Crippen LogP contribution in [0.3, 0.4) is 0 Å². The minimum absolute atomic E-state index is 0.0248. The Morgan fingerprint density at radius 3 is 2.64 bits per heavy atom. The number of amides is 2. The molecular weight excluding hydrogens is 316 g/mol. The average Bonchev–Trinajstić information content (AvgIpc) is 2.97. The number of carbonyl (C=O) groups excluding carboxylic acids is 2. The highest BCUT2D eigenvalue weighted by atomic mass is 16.5. The van der Waals surface area contributed by atoms with Crippen molar-refractivity contribution < 1.29 is 14.3 Å². The van der Waals surface area contributed by atoms with E-state index in [0.717, 1.165) is 5.69 Å². The van der Waals surface area contributed by atoms with E-state index >= 15 is 0 Å². The minimum Gasteiger partial charge on any atom is -0.491 e. The van der Waals surface area contributed by atoms with E-state index < -0.39 is 0 Å². The van der Waals surface area contributed by atoms with Crippen molar-refractivity contribution in [2.24, 2.45) is 5.92 Å². The Hall–Kier alpha value is -2.82. The Bertz CT molecular complexity index is 759. The summed E-state index contributed by atoms with van der Waals surface area (Å²) in [5.41, 5.74) is 1.50. The number of hydrogen-bond donors (Lipinski definition) is 1. The van der Waals surface area contributed by atoms with E-state index in [4.69, 9.17) is 4.74 Å². The first-order valence-corrected chi connectivity index (χ1v) is 8.46. The van der Waals surface area contributed by atoms with Gasteiger partial charge in [0.05, 0.1) is 12.0 Å². The maximum atomic E-state index is 12.5. The van der Waals surface area contributed by atoms with Gasteiger partial charge in [-0.25, -0.2) is 0 Å². The lowest BCUT2D eigenvalue weighted by Gasteiger charge is -2.16. The number of carbonyl (C=O) groups is 2. The van der Waals surface area contributed by atoms with E-state index in [0.29, 0.717) is 18.0 Å². The Morgan fingerprint density at radius 1 is 1.16 bits per heavy atom. The molecular formula is C20H22N2O3. The summed E-state index contributed by atoms with van der Waals surface area (Å²) in [7, 11) is 0. The maximum absolute atomic E-state index is 12.5. The number of hydrogen-bond acceptors (Lipinski definition) is 3. The van der Waals surface area contributed by atoms with Gasteiger partial charge in [-0.15, -0.1) is 0 Å². The van der Waals surface area contributed by atoms with Crippen LogP contribution in [0.2, 0.25) is 0 Å². The number of nitrogens with one attached hydrogen (secondary N) is 1. The zero-order valence-electron chi connectivity index (χ0n) is 14.4. The van der Waals surface area contributed by atoms with Crippen molar-refractivity contribution in [2.75, 3.05) is 16.8 Å². The Labute approximate surface area is 147 Å². The zero-order valence-corrected chi connectivity index (χ0v) is 14.4. The molecule has 1 unspecified atom stereocenters. The lowest BCUT2D eigenvalue weighted by Crippen LogP contribution is -2.28. The molecule has 5 heteroatoms. The van der Waals surface area contributed by atoms with Gasteiger partial charge in [0.2, 0.25) is 11.8 Å². The number of nitrogens with zero attached hydrogens (tertiary/aromatic N) is 1. The van der Waals surface area contributed by atoms with Gasteiger partial charge < -0.3 is 15.0 Å². The summed E-state index contributed by atoms with van der Waals surface area (Å²) in [5, 5.41) is 2.89. The normalized spacial score (nSPS) is 17.0. The van der Waals surface area contributed by atoms with Crippen molar-refractivity contribution in [1.29, 1.82) is 0 Å². The fourth-order valence-electron chi connectivity index (χ4n) is 2.90. The summed E-state index contributed by atoms with van der Waals surface area (Å²) in [6.07, 6.45) is 0.293. The van der Waals surface area contributed by atoms with E-state index in [1.165, 1.54) is 0 Å². The third-order valence-corrected chi connectivity index (χ3v) is 4.04. The SMILES string of the molecule is CC(C)Oc1cccc(NC(=O)C2CC(=O)N(c3ccccc3)C2)c1. The number of rotatable bonds is 5. The molecule has 0 saturated carbocycles. The van der Waals surface area contributed by atoms with Gasteiger partial charge in [0, 0.05) is 30.4 Å². The largest absolute Gasteiger partial charge is 0.491 e. The van der Waals surface area contributed by atoms with Crippen LogP contribution in [0.25, 0.3) is 0 Å². The van der Waals surface area contributed by atoms with Crippen LogP contribution in [-0.4, -0.2) is 24.5 Å². The summed E-state index contributed by atoms with van der Waals surface area (Å²) in [6.45, 7) is 4.30. The van der Waals surface area contributed by atoms with E-state index in [9.17, 15) is 9.59 Å². The molecule has 1 atom stereocenters. The topological polar surface area (TPSA) is 58.6 Å². The summed E-state index contributed by atoms with van der Waals surface area (Å²) in [6, 6.07) is 16.7. The predicted molar refractivity (Wildman–Crippen MR) is 97.7 cm³/mol. The van der Waals surface area contributed by atoms with Gasteiger partial charge in [0.25, 0.3) is 0 Å². The summed E-state index contributed by atoms with van der Waals surface area (Å²) < 4.78 is 5.64. The van der Waals surface area contributed by atoms with Crippen molar-refractivity contribution in [1.82, 2.24) is 0 Å². The van der Waals surface area contributed by atoms with Gasteiger partial charge in [-0.2, -0.15) is 0 Å². The molecule has 0 bridgehead atoms. The number of benzene rings is 2. The summed E-state index contributed by atoms with van der Waals surface area (Å²) >= 11 is 0. The van der Waals surface area contributed by atoms with Gasteiger partial charge in [-0.3, -0.25) is 9.59 Å². The van der Waals surface area contributed by atoms with Crippen molar-refractivity contribution in [2.45, 2.75) is 26.4 Å². The molecule has 0 aliphatic carbocycles. The van der Waals surface area contributed by atoms with Gasteiger partial charge >= 0.3 is 0 Å². The van der Waals surface area contributed by atoms with Crippen molar-refractivity contribution >= 4 is 23.2 Å². The molecule has 2 aromatic rings. The third-order valence-electron chi connectivity index (χ3n) is 4.04. The van der Waals surface area contributed by atoms with Crippen LogP contribution in [0.1, 0.15) is 20.3 Å². The van der Waals surface area contributed by atoms with Crippen LogP contribution >= 0.6 is 0 Å². The Morgan fingerprint density at radius 2 is 1.92 bits per heavy atom. The van der Waals surface area contributed by atoms with Gasteiger partial charge in [-0.1, -0.05) is 24.3 Å². The fourth-order valence-corrected chi connectivity index (χ4v) is 2.90. The second-order valence-corrected chi connectivity index (χ2v) is 6.42. The maximum Gasteiger partial charge on any atom is 0.229 e. The van der Waals surface area contributed by atoms with Crippen LogP contribution < -0.4 is 15.0 Å². The quantitative estimate of drug-likeness (QED) is 0.908. The Balaban J connectivity index is 1.65.